The van der Waals surface area contributed by atoms with E-state index < -0.39 is 0 Å². The van der Waals surface area contributed by atoms with Crippen LogP contribution in [0.2, 0.25) is 0 Å². The maximum absolute atomic E-state index is 5.01. The number of nitrogens with zero attached hydrogens (tertiary/aromatic N) is 3. The zero-order chi connectivity index (χ0) is 32.6. The van der Waals surface area contributed by atoms with Crippen LogP contribution < -0.4 is 0 Å². The van der Waals surface area contributed by atoms with Crippen molar-refractivity contribution in [1.29, 1.82) is 0 Å². The van der Waals surface area contributed by atoms with Crippen molar-refractivity contribution >= 4 is 0 Å². The van der Waals surface area contributed by atoms with E-state index in [4.69, 9.17) is 15.0 Å². The maximum Gasteiger partial charge on any atom is 0.164 e. The Bertz CT molecular complexity index is 2420. The van der Waals surface area contributed by atoms with Crippen LogP contribution >= 0.6 is 0 Å². The van der Waals surface area contributed by atoms with Gasteiger partial charge in [0.1, 0.15) is 0 Å². The predicted octanol–water partition coefficient (Wildman–Crippen LogP) is 11.4. The minimum absolute atomic E-state index is 0.653. The van der Waals surface area contributed by atoms with E-state index in [0.29, 0.717) is 17.5 Å². The van der Waals surface area contributed by atoms with Crippen LogP contribution in [0.4, 0.5) is 0 Å². The number of benzene rings is 7. The Balaban J connectivity index is 1.07. The summed E-state index contributed by atoms with van der Waals surface area (Å²) in [5.41, 5.74) is 15.6. The van der Waals surface area contributed by atoms with Gasteiger partial charge in [0.2, 0.25) is 0 Å². The molecule has 0 amide bonds. The van der Waals surface area contributed by atoms with Gasteiger partial charge in [-0.2, -0.15) is 0 Å². The topological polar surface area (TPSA) is 38.7 Å². The maximum atomic E-state index is 5.01. The summed E-state index contributed by atoms with van der Waals surface area (Å²) in [4.78, 5) is 14.9. The van der Waals surface area contributed by atoms with Crippen LogP contribution in [0.5, 0.6) is 0 Å². The van der Waals surface area contributed by atoms with Crippen molar-refractivity contribution in [2.45, 2.75) is 6.42 Å². The zero-order valence-electron chi connectivity index (χ0n) is 26.8. The first-order valence-corrected chi connectivity index (χ1v) is 16.7. The van der Waals surface area contributed by atoms with Crippen LogP contribution in [0, 0.1) is 0 Å². The average Bonchev–Trinajstić information content (AvgIpc) is 3.58. The summed E-state index contributed by atoms with van der Waals surface area (Å²) in [5, 5.41) is 0. The van der Waals surface area contributed by atoms with E-state index in [1.807, 2.05) is 36.4 Å². The molecule has 7 aromatic carbocycles. The number of aromatic nitrogens is 3. The monoisotopic (exact) mass is 625 g/mol. The molecule has 1 heterocycles. The second-order valence-corrected chi connectivity index (χ2v) is 12.4. The third kappa shape index (κ3) is 5.42. The highest BCUT2D eigenvalue weighted by Crippen LogP contribution is 2.45. The highest BCUT2D eigenvalue weighted by Gasteiger charge is 2.24. The molecule has 0 saturated carbocycles. The molecule has 230 valence electrons. The zero-order valence-corrected chi connectivity index (χ0v) is 26.8. The molecule has 3 heteroatoms. The predicted molar refractivity (Wildman–Crippen MR) is 201 cm³/mol. The van der Waals surface area contributed by atoms with Gasteiger partial charge in [0.15, 0.2) is 17.5 Å². The highest BCUT2D eigenvalue weighted by molar-refractivity contribution is 5.89. The van der Waals surface area contributed by atoms with E-state index in [0.717, 1.165) is 28.7 Å². The van der Waals surface area contributed by atoms with E-state index in [-0.39, 0.29) is 0 Å². The molecule has 1 aliphatic rings. The molecule has 1 aromatic heterocycles. The number of hydrogen-bond donors (Lipinski definition) is 0. The molecule has 0 N–H and O–H groups in total. The molecule has 0 fully saturated rings. The van der Waals surface area contributed by atoms with Gasteiger partial charge < -0.3 is 0 Å². The average molecular weight is 626 g/mol. The van der Waals surface area contributed by atoms with Gasteiger partial charge in [0.25, 0.3) is 0 Å². The summed E-state index contributed by atoms with van der Waals surface area (Å²) in [6.07, 6.45) is 0.911. The Morgan fingerprint density at radius 3 is 1.02 bits per heavy atom. The molecular weight excluding hydrogens is 595 g/mol. The smallest absolute Gasteiger partial charge is 0.164 e. The fourth-order valence-corrected chi connectivity index (χ4v) is 6.99. The van der Waals surface area contributed by atoms with Gasteiger partial charge in [-0.25, -0.2) is 15.0 Å². The van der Waals surface area contributed by atoms with Gasteiger partial charge in [-0.05, 0) is 62.1 Å². The molecule has 0 aliphatic heterocycles. The van der Waals surface area contributed by atoms with Crippen molar-refractivity contribution in [1.82, 2.24) is 15.0 Å². The minimum Gasteiger partial charge on any atom is -0.208 e. The van der Waals surface area contributed by atoms with Crippen LogP contribution in [0.1, 0.15) is 11.1 Å². The van der Waals surface area contributed by atoms with Crippen LogP contribution in [0.3, 0.4) is 0 Å². The van der Waals surface area contributed by atoms with E-state index in [1.54, 1.807) is 0 Å². The lowest BCUT2D eigenvalue weighted by Crippen LogP contribution is -2.00. The Hall–Kier alpha value is -6.45. The van der Waals surface area contributed by atoms with E-state index in [2.05, 4.69) is 140 Å². The van der Waals surface area contributed by atoms with Crippen LogP contribution in [0.25, 0.3) is 78.7 Å². The summed E-state index contributed by atoms with van der Waals surface area (Å²) >= 11 is 0. The molecular formula is C46H31N3. The molecule has 8 aromatic rings. The van der Waals surface area contributed by atoms with Crippen LogP contribution in [-0.2, 0) is 6.42 Å². The summed E-state index contributed by atoms with van der Waals surface area (Å²) in [7, 11) is 0. The summed E-state index contributed by atoms with van der Waals surface area (Å²) in [6.45, 7) is 0. The summed E-state index contributed by atoms with van der Waals surface area (Å²) in [5.74, 6) is 1.96. The number of rotatable bonds is 6. The van der Waals surface area contributed by atoms with Crippen molar-refractivity contribution in [2.24, 2.45) is 0 Å². The molecule has 9 rings (SSSR count). The Kier molecular flexibility index (Phi) is 7.21. The quantitative estimate of drug-likeness (QED) is 0.185. The third-order valence-corrected chi connectivity index (χ3v) is 9.45. The largest absolute Gasteiger partial charge is 0.208 e. The first-order chi connectivity index (χ1) is 24.3. The SMILES string of the molecule is c1ccc(-c2ccc(-c3nc(-c4ccccc4)nc(-c4ccc(-c5cccc6c5Cc5c(-c7ccccc7)cccc5-6)cc4)n3)cc2)cc1. The van der Waals surface area contributed by atoms with Gasteiger partial charge in [-0.3, -0.25) is 0 Å². The lowest BCUT2D eigenvalue weighted by molar-refractivity contribution is 1.07. The molecule has 0 radical (unpaired) electrons. The van der Waals surface area contributed by atoms with Crippen molar-refractivity contribution in [3.63, 3.8) is 0 Å². The molecule has 0 spiro atoms. The first kappa shape index (κ1) is 28.7. The van der Waals surface area contributed by atoms with Gasteiger partial charge in [-0.1, -0.05) is 176 Å². The number of fused-ring (bicyclic) bond motifs is 3. The van der Waals surface area contributed by atoms with Gasteiger partial charge in [-0.15, -0.1) is 0 Å². The fraction of sp³-hybridized carbons (Fsp3) is 0.0217. The minimum atomic E-state index is 0.653. The molecule has 1 aliphatic carbocycles. The van der Waals surface area contributed by atoms with E-state index in [1.165, 1.54) is 50.1 Å². The normalized spacial score (nSPS) is 11.6. The molecule has 0 unspecified atom stereocenters. The molecule has 49 heavy (non-hydrogen) atoms. The van der Waals surface area contributed by atoms with Crippen molar-refractivity contribution in [2.75, 3.05) is 0 Å². The molecule has 0 atom stereocenters. The molecule has 0 saturated heterocycles. The Morgan fingerprint density at radius 1 is 0.245 bits per heavy atom. The Labute approximate surface area is 286 Å². The summed E-state index contributed by atoms with van der Waals surface area (Å²) in [6, 6.07) is 61.7. The molecule has 3 nitrogen and oxygen atoms in total. The van der Waals surface area contributed by atoms with Gasteiger partial charge in [0, 0.05) is 16.7 Å². The highest BCUT2D eigenvalue weighted by atomic mass is 15.0. The molecule has 0 bridgehead atoms. The summed E-state index contributed by atoms with van der Waals surface area (Å²) < 4.78 is 0. The van der Waals surface area contributed by atoms with Crippen molar-refractivity contribution < 1.29 is 0 Å². The van der Waals surface area contributed by atoms with Crippen molar-refractivity contribution in [3.05, 3.63) is 187 Å². The second kappa shape index (κ2) is 12.3. The standard InChI is InChI=1S/C46H31N3/c1-4-12-31(13-5-1)32-22-26-36(27-23-32)45-47-44(35-16-8-3-9-17-35)48-46(49-45)37-28-24-34(25-29-37)39-19-11-21-41-40-20-10-18-38(42(40)30-43(39)41)33-14-6-2-7-15-33/h1-29H,30H2. The van der Waals surface area contributed by atoms with Gasteiger partial charge in [0.05, 0.1) is 0 Å². The van der Waals surface area contributed by atoms with Crippen LogP contribution in [-0.4, -0.2) is 15.0 Å². The lowest BCUT2D eigenvalue weighted by Gasteiger charge is -2.11. The first-order valence-electron chi connectivity index (χ1n) is 16.7. The number of hydrogen-bond acceptors (Lipinski definition) is 3. The van der Waals surface area contributed by atoms with Crippen molar-refractivity contribution in [3.8, 4) is 78.7 Å². The fourth-order valence-electron chi connectivity index (χ4n) is 6.99. The Morgan fingerprint density at radius 2 is 0.551 bits per heavy atom. The second-order valence-electron chi connectivity index (χ2n) is 12.4. The lowest BCUT2D eigenvalue weighted by atomic mass is 9.95. The van der Waals surface area contributed by atoms with Gasteiger partial charge >= 0.3 is 0 Å². The van der Waals surface area contributed by atoms with E-state index >= 15 is 0 Å². The van der Waals surface area contributed by atoms with Crippen LogP contribution in [0.15, 0.2) is 176 Å². The van der Waals surface area contributed by atoms with E-state index in [9.17, 15) is 0 Å². The third-order valence-electron chi connectivity index (χ3n) is 9.45.